The highest BCUT2D eigenvalue weighted by Gasteiger charge is 2.23. The van der Waals surface area contributed by atoms with Gasteiger partial charge in [-0.15, -0.1) is 0 Å². The molecule has 0 fully saturated rings. The van der Waals surface area contributed by atoms with Crippen LogP contribution in [-0.2, 0) is 6.61 Å². The van der Waals surface area contributed by atoms with Crippen LogP contribution in [0.5, 0.6) is 29.0 Å². The molecule has 0 radical (unpaired) electrons. The second kappa shape index (κ2) is 13.0. The minimum Gasteiger partial charge on any atom is -0.495 e. The summed E-state index contributed by atoms with van der Waals surface area (Å²) in [4.78, 5) is 26.9. The molecule has 2 aromatic carbocycles. The molecule has 1 unspecified atom stereocenters. The van der Waals surface area contributed by atoms with Crippen molar-refractivity contribution in [2.75, 3.05) is 33.8 Å². The van der Waals surface area contributed by atoms with Crippen molar-refractivity contribution >= 4 is 23.2 Å². The lowest BCUT2D eigenvalue weighted by molar-refractivity contribution is 0.103. The minimum atomic E-state index is -0.363. The van der Waals surface area contributed by atoms with Crippen molar-refractivity contribution in [2.45, 2.75) is 19.6 Å². The maximum absolute atomic E-state index is 13.8. The van der Waals surface area contributed by atoms with E-state index >= 15 is 0 Å². The van der Waals surface area contributed by atoms with E-state index in [1.807, 2.05) is 31.2 Å². The molecule has 0 saturated carbocycles. The largest absolute Gasteiger partial charge is 0.495 e. The number of methoxy groups -OCH3 is 4. The highest BCUT2D eigenvalue weighted by molar-refractivity contribution is 6.32. The average molecular weight is 565 g/mol. The van der Waals surface area contributed by atoms with Gasteiger partial charge in [-0.1, -0.05) is 23.7 Å². The van der Waals surface area contributed by atoms with Crippen LogP contribution < -0.4 is 29.0 Å². The molecule has 1 N–H and O–H groups in total. The van der Waals surface area contributed by atoms with Crippen LogP contribution >= 0.6 is 11.6 Å². The van der Waals surface area contributed by atoms with E-state index in [1.54, 1.807) is 37.6 Å². The van der Waals surface area contributed by atoms with E-state index in [-0.39, 0.29) is 35.8 Å². The molecule has 4 aromatic rings. The second-order valence-corrected chi connectivity index (χ2v) is 8.93. The molecule has 0 bridgehead atoms. The predicted octanol–water partition coefficient (Wildman–Crippen LogP) is 5.54. The zero-order chi connectivity index (χ0) is 28.6. The topological polar surface area (TPSA) is 114 Å². The molecule has 11 heteroatoms. The fraction of sp³-hybridized carbons (Fsp3) is 0.241. The van der Waals surface area contributed by atoms with E-state index in [0.29, 0.717) is 39.3 Å². The Labute approximate surface area is 237 Å². The van der Waals surface area contributed by atoms with Crippen LogP contribution in [0.15, 0.2) is 60.9 Å². The number of hydrogen-bond acceptors (Lipinski definition) is 10. The van der Waals surface area contributed by atoms with Crippen molar-refractivity contribution in [1.29, 1.82) is 0 Å². The van der Waals surface area contributed by atoms with Gasteiger partial charge in [-0.3, -0.25) is 9.78 Å². The molecule has 0 aliphatic heterocycles. The number of rotatable bonds is 12. The van der Waals surface area contributed by atoms with Gasteiger partial charge in [-0.25, -0.2) is 4.98 Å². The van der Waals surface area contributed by atoms with Crippen molar-refractivity contribution in [3.05, 3.63) is 88.3 Å². The van der Waals surface area contributed by atoms with Crippen molar-refractivity contribution in [2.24, 2.45) is 0 Å². The molecule has 0 spiro atoms. The smallest absolute Gasteiger partial charge is 0.318 e. The molecular formula is C29H29ClN4O6. The summed E-state index contributed by atoms with van der Waals surface area (Å²) in [5.74, 6) is 1.53. The van der Waals surface area contributed by atoms with E-state index in [2.05, 4.69) is 20.3 Å². The fourth-order valence-electron chi connectivity index (χ4n) is 3.94. The molecule has 0 aliphatic rings. The number of hydrogen-bond donors (Lipinski definition) is 1. The summed E-state index contributed by atoms with van der Waals surface area (Å²) < 4.78 is 27.3. The van der Waals surface area contributed by atoms with Crippen molar-refractivity contribution in [3.8, 4) is 29.0 Å². The van der Waals surface area contributed by atoms with Gasteiger partial charge in [0.25, 0.3) is 0 Å². The number of carbonyl (C=O) groups excluding carboxylic acids is 1. The molecular weight excluding hydrogens is 536 g/mol. The first-order chi connectivity index (χ1) is 19.4. The first-order valence-corrected chi connectivity index (χ1v) is 12.6. The van der Waals surface area contributed by atoms with Crippen LogP contribution in [0.4, 0.5) is 5.82 Å². The zero-order valence-corrected chi connectivity index (χ0v) is 23.5. The van der Waals surface area contributed by atoms with E-state index in [4.69, 9.17) is 35.3 Å². The summed E-state index contributed by atoms with van der Waals surface area (Å²) in [7, 11) is 6.01. The molecule has 1 atom stereocenters. The van der Waals surface area contributed by atoms with Gasteiger partial charge < -0.3 is 29.0 Å². The van der Waals surface area contributed by atoms with Crippen LogP contribution in [0.3, 0.4) is 0 Å². The summed E-state index contributed by atoms with van der Waals surface area (Å²) in [6, 6.07) is 13.9. The number of carbonyl (C=O) groups is 1. The molecule has 2 aromatic heterocycles. The quantitative estimate of drug-likeness (QED) is 0.220. The minimum absolute atomic E-state index is 0.0783. The number of benzene rings is 2. The highest BCUT2D eigenvalue weighted by Crippen LogP contribution is 2.39. The lowest BCUT2D eigenvalue weighted by Crippen LogP contribution is -2.15. The Morgan fingerprint density at radius 1 is 0.925 bits per heavy atom. The monoisotopic (exact) mass is 564 g/mol. The Hall–Kier alpha value is -4.57. The number of nitrogens with one attached hydrogen (secondary N) is 1. The highest BCUT2D eigenvalue weighted by atomic mass is 35.5. The maximum Gasteiger partial charge on any atom is 0.318 e. The Balaban J connectivity index is 1.71. The van der Waals surface area contributed by atoms with Gasteiger partial charge in [0.05, 0.1) is 50.8 Å². The molecule has 40 heavy (non-hydrogen) atoms. The lowest BCUT2D eigenvalue weighted by atomic mass is 10.0. The van der Waals surface area contributed by atoms with Gasteiger partial charge in [-0.05, 0) is 48.9 Å². The molecule has 0 amide bonds. The number of ether oxygens (including phenoxy) is 5. The fourth-order valence-corrected chi connectivity index (χ4v) is 4.21. The normalized spacial score (nSPS) is 11.3. The van der Waals surface area contributed by atoms with Gasteiger partial charge >= 0.3 is 6.01 Å². The number of pyridine rings is 1. The van der Waals surface area contributed by atoms with Crippen LogP contribution in [0, 0.1) is 0 Å². The van der Waals surface area contributed by atoms with E-state index in [9.17, 15) is 4.79 Å². The summed E-state index contributed by atoms with van der Waals surface area (Å²) >= 11 is 6.35. The summed E-state index contributed by atoms with van der Waals surface area (Å²) in [5, 5.41) is 3.77. The van der Waals surface area contributed by atoms with Gasteiger partial charge in [0.1, 0.15) is 18.2 Å². The zero-order valence-electron chi connectivity index (χ0n) is 22.7. The Morgan fingerprint density at radius 3 is 2.25 bits per heavy atom. The van der Waals surface area contributed by atoms with Crippen molar-refractivity contribution in [3.63, 3.8) is 0 Å². The molecule has 2 heterocycles. The molecule has 4 rings (SSSR count). The standard InChI is InChI=1S/C29H29ClN4O6/c1-17(18-9-10-23(36-2)22(30)12-18)33-28-21(15-32-29(34-28)40-16-20-8-6-7-11-31-20)26(35)19-13-24(37-3)27(39-5)25(14-19)38-4/h6-15,17H,16H2,1-5H3,(H,32,33,34). The van der Waals surface area contributed by atoms with Gasteiger partial charge in [-0.2, -0.15) is 4.98 Å². The predicted molar refractivity (Wildman–Crippen MR) is 150 cm³/mol. The molecule has 0 aliphatic carbocycles. The summed E-state index contributed by atoms with van der Waals surface area (Å²) in [5.41, 5.74) is 2.07. The number of nitrogens with zero attached hydrogens (tertiary/aromatic N) is 3. The number of aromatic nitrogens is 3. The second-order valence-electron chi connectivity index (χ2n) is 8.53. The van der Waals surface area contributed by atoms with Crippen LogP contribution in [0.2, 0.25) is 5.02 Å². The number of anilines is 1. The van der Waals surface area contributed by atoms with Crippen LogP contribution in [0.25, 0.3) is 0 Å². The van der Waals surface area contributed by atoms with Crippen LogP contribution in [-0.4, -0.2) is 49.2 Å². The Morgan fingerprint density at radius 2 is 1.65 bits per heavy atom. The SMILES string of the molecule is COc1ccc(C(C)Nc2nc(OCc3ccccn3)ncc2C(=O)c2cc(OC)c(OC)c(OC)c2)cc1Cl. The van der Waals surface area contributed by atoms with E-state index in [0.717, 1.165) is 5.56 Å². The van der Waals surface area contributed by atoms with Gasteiger partial charge in [0.2, 0.25) is 5.75 Å². The average Bonchev–Trinajstić information content (AvgIpc) is 2.99. The maximum atomic E-state index is 13.8. The third-order valence-electron chi connectivity index (χ3n) is 6.04. The van der Waals surface area contributed by atoms with E-state index < -0.39 is 0 Å². The van der Waals surface area contributed by atoms with Gasteiger partial charge in [0.15, 0.2) is 17.3 Å². The lowest BCUT2D eigenvalue weighted by Gasteiger charge is -2.19. The first kappa shape index (κ1) is 28.4. The number of ketones is 1. The molecule has 10 nitrogen and oxygen atoms in total. The van der Waals surface area contributed by atoms with Crippen LogP contribution in [0.1, 0.15) is 40.1 Å². The Kier molecular flexibility index (Phi) is 9.23. The molecule has 0 saturated heterocycles. The Bertz CT molecular complexity index is 1460. The summed E-state index contributed by atoms with van der Waals surface area (Å²) in [6.45, 7) is 2.08. The third-order valence-corrected chi connectivity index (χ3v) is 6.34. The van der Waals surface area contributed by atoms with Gasteiger partial charge in [0, 0.05) is 18.0 Å². The van der Waals surface area contributed by atoms with Crippen molar-refractivity contribution < 1.29 is 28.5 Å². The molecule has 208 valence electrons. The third kappa shape index (κ3) is 6.35. The van der Waals surface area contributed by atoms with Crippen molar-refractivity contribution in [1.82, 2.24) is 15.0 Å². The number of halogens is 1. The first-order valence-electron chi connectivity index (χ1n) is 12.2. The van der Waals surface area contributed by atoms with E-state index in [1.165, 1.54) is 27.5 Å². The summed E-state index contributed by atoms with van der Waals surface area (Å²) in [6.07, 6.45) is 3.09.